The lowest BCUT2D eigenvalue weighted by Crippen LogP contribution is -2.32. The molecule has 2 aromatic carbocycles. The zero-order chi connectivity index (χ0) is 20.3. The summed E-state index contributed by atoms with van der Waals surface area (Å²) in [7, 11) is 1.52. The van der Waals surface area contributed by atoms with Crippen molar-refractivity contribution in [2.45, 2.75) is 13.8 Å². The molecule has 3 amide bonds. The van der Waals surface area contributed by atoms with Crippen molar-refractivity contribution >= 4 is 34.7 Å². The molecule has 0 saturated heterocycles. The van der Waals surface area contributed by atoms with Crippen molar-refractivity contribution in [1.29, 1.82) is 0 Å². The molecule has 28 heavy (non-hydrogen) atoms. The zero-order valence-corrected chi connectivity index (χ0v) is 15.9. The van der Waals surface area contributed by atoms with E-state index in [1.165, 1.54) is 18.9 Å². The number of hydrogen-bond donors (Lipinski definition) is 2. The Labute approximate surface area is 163 Å². The predicted molar refractivity (Wildman–Crippen MR) is 107 cm³/mol. The van der Waals surface area contributed by atoms with Crippen LogP contribution in [0, 0.1) is 0 Å². The van der Waals surface area contributed by atoms with E-state index in [0.717, 1.165) is 0 Å². The second-order valence-electron chi connectivity index (χ2n) is 6.19. The molecular weight excluding hydrogens is 358 g/mol. The van der Waals surface area contributed by atoms with E-state index >= 15 is 0 Å². The maximum Gasteiger partial charge on any atom is 0.278 e. The number of benzene rings is 2. The third-order valence-electron chi connectivity index (χ3n) is 4.34. The summed E-state index contributed by atoms with van der Waals surface area (Å²) < 4.78 is 5.38. The van der Waals surface area contributed by atoms with Crippen LogP contribution in [0.2, 0.25) is 0 Å². The van der Waals surface area contributed by atoms with E-state index in [1.54, 1.807) is 55.5 Å². The Morgan fingerprint density at radius 3 is 2.25 bits per heavy atom. The van der Waals surface area contributed by atoms with Crippen molar-refractivity contribution in [3.8, 4) is 5.75 Å². The van der Waals surface area contributed by atoms with Gasteiger partial charge in [-0.15, -0.1) is 0 Å². The van der Waals surface area contributed by atoms with Crippen LogP contribution in [0.15, 0.2) is 54.2 Å². The molecule has 0 bridgehead atoms. The van der Waals surface area contributed by atoms with Crippen LogP contribution in [0.25, 0.3) is 5.57 Å². The molecule has 3 rings (SSSR count). The molecule has 0 atom stereocenters. The van der Waals surface area contributed by atoms with E-state index in [1.807, 2.05) is 0 Å². The Hall–Kier alpha value is -3.61. The molecule has 7 nitrogen and oxygen atoms in total. The maximum atomic E-state index is 12.9. The number of hydrogen-bond acceptors (Lipinski definition) is 5. The fraction of sp³-hybridized carbons (Fsp3) is 0.190. The molecule has 2 aromatic rings. The molecule has 1 aliphatic rings. The average molecular weight is 379 g/mol. The number of ether oxygens (including phenoxy) is 1. The summed E-state index contributed by atoms with van der Waals surface area (Å²) in [6.45, 7) is 3.45. The third kappa shape index (κ3) is 3.59. The van der Waals surface area contributed by atoms with Crippen LogP contribution < -0.4 is 15.4 Å². The highest BCUT2D eigenvalue weighted by molar-refractivity contribution is 6.37. The van der Waals surface area contributed by atoms with Gasteiger partial charge in [-0.25, -0.2) is 0 Å². The van der Waals surface area contributed by atoms with Gasteiger partial charge in [0.25, 0.3) is 11.8 Å². The Morgan fingerprint density at radius 1 is 1.00 bits per heavy atom. The zero-order valence-electron chi connectivity index (χ0n) is 15.9. The molecule has 0 fully saturated rings. The first-order valence-electron chi connectivity index (χ1n) is 8.84. The van der Waals surface area contributed by atoms with Gasteiger partial charge in [0, 0.05) is 30.4 Å². The van der Waals surface area contributed by atoms with Crippen molar-refractivity contribution in [3.63, 3.8) is 0 Å². The molecule has 144 valence electrons. The van der Waals surface area contributed by atoms with E-state index < -0.39 is 0 Å². The highest BCUT2D eigenvalue weighted by Gasteiger charge is 2.39. The second-order valence-corrected chi connectivity index (χ2v) is 6.19. The highest BCUT2D eigenvalue weighted by atomic mass is 16.5. The average Bonchev–Trinajstić information content (AvgIpc) is 2.92. The van der Waals surface area contributed by atoms with Crippen LogP contribution in [-0.2, 0) is 14.4 Å². The number of likely N-dealkylation sites (N-methyl/N-ethyl adjacent to an activating group) is 1. The van der Waals surface area contributed by atoms with E-state index in [0.29, 0.717) is 22.7 Å². The van der Waals surface area contributed by atoms with Crippen molar-refractivity contribution < 1.29 is 19.1 Å². The van der Waals surface area contributed by atoms with Crippen molar-refractivity contribution in [2.24, 2.45) is 0 Å². The largest absolute Gasteiger partial charge is 0.496 e. The third-order valence-corrected chi connectivity index (χ3v) is 4.34. The Balaban J connectivity index is 2.02. The van der Waals surface area contributed by atoms with Crippen LogP contribution in [-0.4, -0.2) is 36.3 Å². The number of methoxy groups -OCH3 is 1. The van der Waals surface area contributed by atoms with E-state index in [4.69, 9.17) is 4.74 Å². The molecule has 2 N–H and O–H groups in total. The van der Waals surface area contributed by atoms with Gasteiger partial charge in [0.1, 0.15) is 11.4 Å². The Bertz CT molecular complexity index is 964. The molecule has 0 saturated carbocycles. The first-order valence-corrected chi connectivity index (χ1v) is 8.84. The van der Waals surface area contributed by atoms with Crippen LogP contribution in [0.3, 0.4) is 0 Å². The molecule has 0 radical (unpaired) electrons. The number of amides is 3. The maximum absolute atomic E-state index is 12.9. The first kappa shape index (κ1) is 19.2. The topological polar surface area (TPSA) is 87.7 Å². The number of para-hydroxylation sites is 1. The van der Waals surface area contributed by atoms with Gasteiger partial charge >= 0.3 is 0 Å². The minimum absolute atomic E-state index is 0.169. The normalized spacial score (nSPS) is 13.8. The molecular formula is C21H21N3O4. The van der Waals surface area contributed by atoms with E-state index in [2.05, 4.69) is 10.6 Å². The summed E-state index contributed by atoms with van der Waals surface area (Å²) in [5.41, 5.74) is 2.28. The summed E-state index contributed by atoms with van der Waals surface area (Å²) in [5, 5.41) is 5.75. The molecule has 7 heteroatoms. The van der Waals surface area contributed by atoms with Crippen LogP contribution in [0.5, 0.6) is 5.75 Å². The lowest BCUT2D eigenvalue weighted by Gasteiger charge is -2.12. The number of carbonyl (C=O) groups is 3. The SMILES string of the molecule is CCN1C(=O)C(Nc2ccc(NC(C)=O)cc2)=C(c2ccccc2OC)C1=O. The Kier molecular flexibility index (Phi) is 5.44. The quantitative estimate of drug-likeness (QED) is 0.754. The van der Waals surface area contributed by atoms with E-state index in [9.17, 15) is 14.4 Å². The minimum Gasteiger partial charge on any atom is -0.496 e. The van der Waals surface area contributed by atoms with Crippen molar-refractivity contribution in [1.82, 2.24) is 4.90 Å². The number of carbonyl (C=O) groups excluding carboxylic acids is 3. The van der Waals surface area contributed by atoms with Crippen LogP contribution in [0.4, 0.5) is 11.4 Å². The summed E-state index contributed by atoms with van der Waals surface area (Å²) in [6.07, 6.45) is 0. The van der Waals surface area contributed by atoms with Crippen molar-refractivity contribution in [2.75, 3.05) is 24.3 Å². The molecule has 0 spiro atoms. The van der Waals surface area contributed by atoms with Gasteiger partial charge in [-0.3, -0.25) is 19.3 Å². The Morgan fingerprint density at radius 2 is 1.64 bits per heavy atom. The highest BCUT2D eigenvalue weighted by Crippen LogP contribution is 2.35. The molecule has 0 aromatic heterocycles. The van der Waals surface area contributed by atoms with E-state index in [-0.39, 0.29) is 35.5 Å². The standard InChI is InChI=1S/C21H21N3O4/c1-4-24-20(26)18(16-7-5-6-8-17(16)28-3)19(21(24)27)23-15-11-9-14(10-12-15)22-13(2)25/h5-12,23H,4H2,1-3H3,(H,22,25). The summed E-state index contributed by atoms with van der Waals surface area (Å²) in [6, 6.07) is 14.0. The number of rotatable bonds is 6. The monoisotopic (exact) mass is 379 g/mol. The fourth-order valence-electron chi connectivity index (χ4n) is 3.06. The van der Waals surface area contributed by atoms with Gasteiger partial charge in [0.15, 0.2) is 0 Å². The van der Waals surface area contributed by atoms with Gasteiger partial charge in [-0.2, -0.15) is 0 Å². The lowest BCUT2D eigenvalue weighted by molar-refractivity contribution is -0.136. The molecule has 0 unspecified atom stereocenters. The summed E-state index contributed by atoms with van der Waals surface area (Å²) >= 11 is 0. The van der Waals surface area contributed by atoms with Crippen LogP contribution in [0.1, 0.15) is 19.4 Å². The molecule has 1 heterocycles. The fourth-order valence-corrected chi connectivity index (χ4v) is 3.06. The van der Waals surface area contributed by atoms with Crippen LogP contribution >= 0.6 is 0 Å². The number of nitrogens with zero attached hydrogens (tertiary/aromatic N) is 1. The molecule has 0 aliphatic carbocycles. The second kappa shape index (κ2) is 7.96. The van der Waals surface area contributed by atoms with Gasteiger partial charge in [0.05, 0.1) is 12.7 Å². The van der Waals surface area contributed by atoms with Crippen molar-refractivity contribution in [3.05, 3.63) is 59.8 Å². The van der Waals surface area contributed by atoms with Gasteiger partial charge in [0.2, 0.25) is 5.91 Å². The first-order chi connectivity index (χ1) is 13.5. The number of imide groups is 1. The lowest BCUT2D eigenvalue weighted by atomic mass is 10.0. The van der Waals surface area contributed by atoms with Gasteiger partial charge in [-0.05, 0) is 37.3 Å². The summed E-state index contributed by atoms with van der Waals surface area (Å²) in [4.78, 5) is 38.1. The smallest absolute Gasteiger partial charge is 0.278 e. The minimum atomic E-state index is -0.389. The number of nitrogens with one attached hydrogen (secondary N) is 2. The summed E-state index contributed by atoms with van der Waals surface area (Å²) in [5.74, 6) is -0.414. The molecule has 1 aliphatic heterocycles. The van der Waals surface area contributed by atoms with Gasteiger partial charge in [-0.1, -0.05) is 18.2 Å². The number of anilines is 2. The van der Waals surface area contributed by atoms with Gasteiger partial charge < -0.3 is 15.4 Å². The predicted octanol–water partition coefficient (Wildman–Crippen LogP) is 2.87.